The zero-order chi connectivity index (χ0) is 21.2. The van der Waals surface area contributed by atoms with Crippen molar-refractivity contribution in [1.29, 1.82) is 0 Å². The minimum Gasteiger partial charge on any atom is -0.467 e. The third kappa shape index (κ3) is 4.57. The number of methoxy groups -OCH3 is 1. The summed E-state index contributed by atoms with van der Waals surface area (Å²) < 4.78 is 58.7. The second-order valence-corrected chi connectivity index (χ2v) is 6.73. The van der Waals surface area contributed by atoms with Crippen molar-refractivity contribution in [3.63, 3.8) is 0 Å². The first kappa shape index (κ1) is 20.8. The summed E-state index contributed by atoms with van der Waals surface area (Å²) in [4.78, 5) is 13.4. The van der Waals surface area contributed by atoms with Crippen LogP contribution in [0.5, 0.6) is 0 Å². The second-order valence-electron chi connectivity index (χ2n) is 6.34. The fourth-order valence-corrected chi connectivity index (χ4v) is 3.25. The monoisotopic (exact) mass is 421 g/mol. The van der Waals surface area contributed by atoms with Gasteiger partial charge in [0, 0.05) is 23.2 Å². The molecule has 0 radical (unpaired) electrons. The van der Waals surface area contributed by atoms with Crippen molar-refractivity contribution in [3.8, 4) is 11.8 Å². The Bertz CT molecular complexity index is 1020. The fourth-order valence-electron chi connectivity index (χ4n) is 2.90. The fraction of sp³-hybridized carbons (Fsp3) is 0.238. The van der Waals surface area contributed by atoms with E-state index in [0.717, 1.165) is 12.1 Å². The van der Waals surface area contributed by atoms with E-state index in [2.05, 4.69) is 16.6 Å². The number of carbonyl (C=O) groups is 1. The summed E-state index contributed by atoms with van der Waals surface area (Å²) >= 11 is 5.29. The van der Waals surface area contributed by atoms with E-state index in [1.165, 1.54) is 42.3 Å². The smallest absolute Gasteiger partial charge is 0.417 e. The van der Waals surface area contributed by atoms with E-state index in [4.69, 9.17) is 12.2 Å². The van der Waals surface area contributed by atoms with Gasteiger partial charge in [0.15, 0.2) is 0 Å². The number of halogens is 4. The molecule has 0 spiro atoms. The van der Waals surface area contributed by atoms with Crippen molar-refractivity contribution in [1.82, 2.24) is 4.90 Å². The van der Waals surface area contributed by atoms with Crippen LogP contribution >= 0.6 is 12.2 Å². The Kier molecular flexibility index (Phi) is 5.89. The number of hydrogen-bond acceptors (Lipinski definition) is 3. The lowest BCUT2D eigenvalue weighted by Crippen LogP contribution is -2.55. The Morgan fingerprint density at radius 1 is 1.21 bits per heavy atom. The van der Waals surface area contributed by atoms with E-state index in [0.29, 0.717) is 13.0 Å². The minimum atomic E-state index is -4.66. The van der Waals surface area contributed by atoms with Gasteiger partial charge in [-0.3, -0.25) is 0 Å². The molecule has 2 aromatic carbocycles. The Morgan fingerprint density at radius 3 is 2.55 bits per heavy atom. The molecule has 150 valence electrons. The van der Waals surface area contributed by atoms with Crippen molar-refractivity contribution in [2.45, 2.75) is 18.6 Å². The van der Waals surface area contributed by atoms with Crippen molar-refractivity contribution in [3.05, 3.63) is 70.5 Å². The van der Waals surface area contributed by atoms with Crippen LogP contribution in [-0.4, -0.2) is 35.6 Å². The Hall–Kier alpha value is -2.92. The van der Waals surface area contributed by atoms with Gasteiger partial charge in [-0.2, -0.15) is 13.2 Å². The number of rotatable bonds is 2. The summed E-state index contributed by atoms with van der Waals surface area (Å²) in [6.07, 6.45) is -4.13. The molecule has 0 amide bonds. The van der Waals surface area contributed by atoms with E-state index in [-0.39, 0.29) is 21.7 Å². The van der Waals surface area contributed by atoms with E-state index >= 15 is 0 Å². The number of ether oxygens (including phenoxy) is 1. The van der Waals surface area contributed by atoms with Crippen LogP contribution in [0.4, 0.5) is 17.6 Å². The predicted molar refractivity (Wildman–Crippen MR) is 103 cm³/mol. The van der Waals surface area contributed by atoms with E-state index < -0.39 is 29.6 Å². The third-order valence-electron chi connectivity index (χ3n) is 4.49. The highest BCUT2D eigenvalue weighted by atomic mass is 32.1. The van der Waals surface area contributed by atoms with Crippen LogP contribution < -0.4 is 0 Å². The topological polar surface area (TPSA) is 29.5 Å². The molecule has 0 bridgehead atoms. The zero-order valence-corrected chi connectivity index (χ0v) is 16.0. The SMILES string of the molecule is COC(=O)[C@H]1CCN1C(=S)c1ccc(C#Cc2cccc(F)c2)c(C(F)(F)F)c1. The highest BCUT2D eigenvalue weighted by molar-refractivity contribution is 7.80. The van der Waals surface area contributed by atoms with E-state index in [9.17, 15) is 22.4 Å². The highest BCUT2D eigenvalue weighted by Crippen LogP contribution is 2.33. The van der Waals surface area contributed by atoms with Gasteiger partial charge < -0.3 is 9.64 Å². The average Bonchev–Trinajstić information content (AvgIpc) is 2.64. The molecule has 0 aromatic heterocycles. The van der Waals surface area contributed by atoms with E-state index in [1.54, 1.807) is 0 Å². The third-order valence-corrected chi connectivity index (χ3v) is 4.96. The first-order valence-corrected chi connectivity index (χ1v) is 8.99. The maximum atomic E-state index is 13.6. The first-order valence-electron chi connectivity index (χ1n) is 8.58. The number of thiocarbonyl (C=S) groups is 1. The van der Waals surface area contributed by atoms with E-state index in [1.807, 2.05) is 0 Å². The molecule has 1 atom stereocenters. The molecule has 1 aliphatic rings. The van der Waals surface area contributed by atoms with Gasteiger partial charge in [-0.25, -0.2) is 9.18 Å². The Balaban J connectivity index is 1.93. The molecule has 0 aliphatic carbocycles. The van der Waals surface area contributed by atoms with Gasteiger partial charge >= 0.3 is 12.1 Å². The molecule has 3 rings (SSSR count). The van der Waals surface area contributed by atoms with Crippen LogP contribution in [-0.2, 0) is 15.7 Å². The first-order chi connectivity index (χ1) is 13.7. The molecule has 29 heavy (non-hydrogen) atoms. The average molecular weight is 421 g/mol. The van der Waals surface area contributed by atoms with Gasteiger partial charge in [0.05, 0.1) is 12.7 Å². The van der Waals surface area contributed by atoms with Gasteiger partial charge in [-0.15, -0.1) is 0 Å². The van der Waals surface area contributed by atoms with Crippen molar-refractivity contribution >= 4 is 23.2 Å². The van der Waals surface area contributed by atoms with Gasteiger partial charge in [-0.1, -0.05) is 36.2 Å². The minimum absolute atomic E-state index is 0.141. The molecule has 1 aliphatic heterocycles. The number of hydrogen-bond donors (Lipinski definition) is 0. The predicted octanol–water partition coefficient (Wildman–Crippen LogP) is 4.17. The van der Waals surface area contributed by atoms with Crippen LogP contribution in [0.1, 0.15) is 28.7 Å². The summed E-state index contributed by atoms with van der Waals surface area (Å²) in [7, 11) is 1.25. The summed E-state index contributed by atoms with van der Waals surface area (Å²) in [5.74, 6) is 3.99. The molecule has 1 heterocycles. The summed E-state index contributed by atoms with van der Waals surface area (Å²) in [6, 6.07) is 8.28. The molecule has 1 fully saturated rings. The van der Waals surface area contributed by atoms with Gasteiger partial charge in [0.1, 0.15) is 16.8 Å². The Labute approximate surface area is 170 Å². The number of nitrogens with zero attached hydrogens (tertiary/aromatic N) is 1. The second kappa shape index (κ2) is 8.21. The number of esters is 1. The van der Waals surface area contributed by atoms with Crippen LogP contribution in [0.25, 0.3) is 0 Å². The zero-order valence-electron chi connectivity index (χ0n) is 15.2. The lowest BCUT2D eigenvalue weighted by Gasteiger charge is -2.40. The summed E-state index contributed by atoms with van der Waals surface area (Å²) in [5, 5.41) is 0. The van der Waals surface area contributed by atoms with Crippen LogP contribution in [0.15, 0.2) is 42.5 Å². The molecular weight excluding hydrogens is 406 g/mol. The van der Waals surface area contributed by atoms with Crippen LogP contribution in [0, 0.1) is 17.7 Å². The molecular formula is C21H15F4NO2S. The van der Waals surface area contributed by atoms with Crippen LogP contribution in [0.3, 0.4) is 0 Å². The molecule has 8 heteroatoms. The molecule has 3 nitrogen and oxygen atoms in total. The lowest BCUT2D eigenvalue weighted by molar-refractivity contribution is -0.148. The van der Waals surface area contributed by atoms with Gasteiger partial charge in [0.2, 0.25) is 0 Å². The molecule has 2 aromatic rings. The number of alkyl halides is 3. The molecule has 1 saturated heterocycles. The van der Waals surface area contributed by atoms with Crippen molar-refractivity contribution in [2.75, 3.05) is 13.7 Å². The molecule has 0 saturated carbocycles. The largest absolute Gasteiger partial charge is 0.467 e. The number of likely N-dealkylation sites (tertiary alicyclic amines) is 1. The normalized spacial score (nSPS) is 15.8. The van der Waals surface area contributed by atoms with Crippen molar-refractivity contribution in [2.24, 2.45) is 0 Å². The van der Waals surface area contributed by atoms with Crippen LogP contribution in [0.2, 0.25) is 0 Å². The van der Waals surface area contributed by atoms with Gasteiger partial charge in [-0.05, 0) is 36.8 Å². The molecule has 0 unspecified atom stereocenters. The summed E-state index contributed by atoms with van der Waals surface area (Å²) in [5.41, 5.74) is -0.769. The lowest BCUT2D eigenvalue weighted by atomic mass is 9.99. The number of benzene rings is 2. The van der Waals surface area contributed by atoms with Gasteiger partial charge in [0.25, 0.3) is 0 Å². The standard InChI is InChI=1S/C21H15F4NO2S/c1-28-20(27)18-9-10-26(18)19(29)15-8-7-14(17(12-15)21(23,24)25)6-5-13-3-2-4-16(22)11-13/h2-4,7-8,11-12,18H,9-10H2,1H3/t18-/m1/s1. The molecule has 0 N–H and O–H groups in total. The highest BCUT2D eigenvalue weighted by Gasteiger charge is 2.38. The maximum absolute atomic E-state index is 13.6. The Morgan fingerprint density at radius 2 is 1.97 bits per heavy atom. The maximum Gasteiger partial charge on any atom is 0.417 e. The van der Waals surface area contributed by atoms with Crippen molar-refractivity contribution < 1.29 is 27.1 Å². The quantitative estimate of drug-likeness (QED) is 0.315. The summed E-state index contributed by atoms with van der Waals surface area (Å²) in [6.45, 7) is 0.459. The number of carbonyl (C=O) groups excluding carboxylic acids is 1.